The van der Waals surface area contributed by atoms with Crippen LogP contribution in [0.15, 0.2) is 30.3 Å². The predicted octanol–water partition coefficient (Wildman–Crippen LogP) is 2.32. The summed E-state index contributed by atoms with van der Waals surface area (Å²) in [4.78, 5) is 14.1. The summed E-state index contributed by atoms with van der Waals surface area (Å²) >= 11 is 0. The van der Waals surface area contributed by atoms with Gasteiger partial charge in [-0.15, -0.1) is 0 Å². The molecule has 1 saturated heterocycles. The van der Waals surface area contributed by atoms with Crippen molar-refractivity contribution < 1.29 is 18.7 Å². The molecular formula is C17H22F2N2O2. The van der Waals surface area contributed by atoms with E-state index in [0.717, 1.165) is 5.69 Å². The molecule has 4 nitrogen and oxygen atoms in total. The molecule has 2 N–H and O–H groups in total. The van der Waals surface area contributed by atoms with Crippen LogP contribution in [-0.2, 0) is 4.79 Å². The molecule has 1 aliphatic carbocycles. The highest BCUT2D eigenvalue weighted by Crippen LogP contribution is 2.44. The Morgan fingerprint density at radius 1 is 1.22 bits per heavy atom. The summed E-state index contributed by atoms with van der Waals surface area (Å²) in [5.41, 5.74) is -1.05. The van der Waals surface area contributed by atoms with E-state index in [2.05, 4.69) is 10.2 Å². The molecule has 1 aromatic carbocycles. The number of hydrogen-bond acceptors (Lipinski definition) is 3. The second-order valence-electron chi connectivity index (χ2n) is 6.53. The first kappa shape index (κ1) is 16.2. The highest BCUT2D eigenvalue weighted by atomic mass is 19.3. The zero-order valence-electron chi connectivity index (χ0n) is 13.0. The quantitative estimate of drug-likeness (QED) is 0.894. The summed E-state index contributed by atoms with van der Waals surface area (Å²) in [6.45, 7) is 1.43. The lowest BCUT2D eigenvalue weighted by atomic mass is 9.75. The molecule has 1 saturated carbocycles. The third kappa shape index (κ3) is 3.04. The third-order valence-corrected chi connectivity index (χ3v) is 5.00. The summed E-state index contributed by atoms with van der Waals surface area (Å²) in [5, 5.41) is 12.2. The van der Waals surface area contributed by atoms with Crippen LogP contribution in [0.4, 0.5) is 14.5 Å². The van der Waals surface area contributed by atoms with E-state index >= 15 is 0 Å². The van der Waals surface area contributed by atoms with Crippen molar-refractivity contribution >= 4 is 11.6 Å². The Morgan fingerprint density at radius 2 is 1.83 bits per heavy atom. The lowest BCUT2D eigenvalue weighted by Crippen LogP contribution is -2.62. The van der Waals surface area contributed by atoms with E-state index in [1.165, 1.54) is 0 Å². The van der Waals surface area contributed by atoms with Gasteiger partial charge >= 0.3 is 5.92 Å². The molecule has 3 rings (SSSR count). The number of hydrogen-bond donors (Lipinski definition) is 2. The Bertz CT molecular complexity index is 553. The number of benzene rings is 1. The fourth-order valence-corrected chi connectivity index (χ4v) is 3.23. The second kappa shape index (κ2) is 6.07. The molecule has 2 fully saturated rings. The van der Waals surface area contributed by atoms with Gasteiger partial charge in [-0.05, 0) is 44.2 Å². The molecule has 23 heavy (non-hydrogen) atoms. The van der Waals surface area contributed by atoms with Crippen LogP contribution in [0.1, 0.15) is 32.1 Å². The van der Waals surface area contributed by atoms with Crippen LogP contribution < -0.4 is 10.2 Å². The number of nitrogens with zero attached hydrogens (tertiary/aromatic N) is 1. The van der Waals surface area contributed by atoms with Gasteiger partial charge in [0.1, 0.15) is 5.60 Å². The summed E-state index contributed by atoms with van der Waals surface area (Å²) in [5.74, 6) is -5.04. The second-order valence-corrected chi connectivity index (χ2v) is 6.53. The van der Waals surface area contributed by atoms with E-state index < -0.39 is 17.4 Å². The molecule has 1 aliphatic heterocycles. The monoisotopic (exact) mass is 324 g/mol. The number of halogens is 2. The molecule has 2 aliphatic rings. The fourth-order valence-electron chi connectivity index (χ4n) is 3.23. The normalized spacial score (nSPS) is 21.6. The Hall–Kier alpha value is -1.69. The van der Waals surface area contributed by atoms with Gasteiger partial charge in [-0.1, -0.05) is 18.2 Å². The van der Waals surface area contributed by atoms with Crippen molar-refractivity contribution in [3.05, 3.63) is 30.3 Å². The van der Waals surface area contributed by atoms with E-state index in [0.29, 0.717) is 32.4 Å². The Balaban J connectivity index is 1.53. The topological polar surface area (TPSA) is 52.6 Å². The first-order chi connectivity index (χ1) is 10.9. The van der Waals surface area contributed by atoms with Gasteiger partial charge in [-0.25, -0.2) is 0 Å². The van der Waals surface area contributed by atoms with Gasteiger partial charge in [0, 0.05) is 24.8 Å². The van der Waals surface area contributed by atoms with Crippen LogP contribution >= 0.6 is 0 Å². The highest BCUT2D eigenvalue weighted by molar-refractivity contribution is 5.85. The molecule has 0 atom stereocenters. The van der Waals surface area contributed by atoms with Gasteiger partial charge in [0.15, 0.2) is 0 Å². The van der Waals surface area contributed by atoms with Crippen molar-refractivity contribution in [1.29, 1.82) is 0 Å². The van der Waals surface area contributed by atoms with Crippen molar-refractivity contribution in [2.24, 2.45) is 0 Å². The number of aliphatic hydroxyl groups is 1. The highest BCUT2D eigenvalue weighted by Gasteiger charge is 2.61. The molecule has 1 heterocycles. The molecule has 6 heteroatoms. The van der Waals surface area contributed by atoms with Gasteiger partial charge in [-0.3, -0.25) is 4.79 Å². The molecule has 1 amide bonds. The van der Waals surface area contributed by atoms with Crippen LogP contribution in [0.25, 0.3) is 0 Å². The lowest BCUT2D eigenvalue weighted by Gasteiger charge is -2.42. The standard InChI is InChI=1S/C17H22F2N2O2/c18-17(19,16(23)9-4-10-16)15(22)20-13-7-11-21(12-8-13)14-5-2-1-3-6-14/h1-3,5-6,13,23H,4,7-12H2,(H,20,22). The summed E-state index contributed by atoms with van der Waals surface area (Å²) < 4.78 is 28.1. The van der Waals surface area contributed by atoms with Gasteiger partial charge < -0.3 is 15.3 Å². The molecule has 0 radical (unpaired) electrons. The zero-order valence-corrected chi connectivity index (χ0v) is 13.0. The van der Waals surface area contributed by atoms with Crippen molar-refractivity contribution in [3.63, 3.8) is 0 Å². The van der Waals surface area contributed by atoms with E-state index in [4.69, 9.17) is 0 Å². The number of carbonyl (C=O) groups is 1. The lowest BCUT2D eigenvalue weighted by molar-refractivity contribution is -0.216. The third-order valence-electron chi connectivity index (χ3n) is 5.00. The number of nitrogens with one attached hydrogen (secondary N) is 1. The zero-order chi connectivity index (χ0) is 16.5. The van der Waals surface area contributed by atoms with Crippen LogP contribution in [0.2, 0.25) is 0 Å². The average molecular weight is 324 g/mol. The molecule has 0 spiro atoms. The first-order valence-corrected chi connectivity index (χ1v) is 8.13. The Kier molecular flexibility index (Phi) is 4.27. The Morgan fingerprint density at radius 3 is 2.35 bits per heavy atom. The molecule has 0 aromatic heterocycles. The number of rotatable bonds is 4. The molecule has 1 aromatic rings. The van der Waals surface area contributed by atoms with Crippen molar-refractivity contribution in [2.45, 2.75) is 49.7 Å². The predicted molar refractivity (Wildman–Crippen MR) is 83.6 cm³/mol. The van der Waals surface area contributed by atoms with Gasteiger partial charge in [0.2, 0.25) is 0 Å². The summed E-state index contributed by atoms with van der Waals surface area (Å²) in [6.07, 6.45) is 1.75. The molecular weight excluding hydrogens is 302 g/mol. The minimum Gasteiger partial charge on any atom is -0.383 e. The number of amides is 1. The summed E-state index contributed by atoms with van der Waals surface area (Å²) in [7, 11) is 0. The van der Waals surface area contributed by atoms with Crippen LogP contribution in [0, 0.1) is 0 Å². The van der Waals surface area contributed by atoms with Crippen molar-refractivity contribution in [1.82, 2.24) is 5.32 Å². The smallest absolute Gasteiger partial charge is 0.352 e. The largest absolute Gasteiger partial charge is 0.383 e. The Labute approximate surface area is 134 Å². The summed E-state index contributed by atoms with van der Waals surface area (Å²) in [6, 6.07) is 9.63. The van der Waals surface area contributed by atoms with Gasteiger partial charge in [0.25, 0.3) is 5.91 Å². The van der Waals surface area contributed by atoms with Crippen LogP contribution in [0.5, 0.6) is 0 Å². The average Bonchev–Trinajstić information content (AvgIpc) is 2.54. The number of anilines is 1. The van der Waals surface area contributed by atoms with Gasteiger partial charge in [0.05, 0.1) is 0 Å². The SMILES string of the molecule is O=C(NC1CCN(c2ccccc2)CC1)C(F)(F)C1(O)CCC1. The first-order valence-electron chi connectivity index (χ1n) is 8.13. The fraction of sp³-hybridized carbons (Fsp3) is 0.588. The van der Waals surface area contributed by atoms with Crippen LogP contribution in [0.3, 0.4) is 0 Å². The van der Waals surface area contributed by atoms with E-state index in [1.54, 1.807) is 0 Å². The minimum atomic E-state index is -3.71. The molecule has 126 valence electrons. The number of alkyl halides is 2. The minimum absolute atomic E-state index is 0.0140. The maximum atomic E-state index is 14.1. The van der Waals surface area contributed by atoms with E-state index in [-0.39, 0.29) is 18.9 Å². The number of piperidine rings is 1. The number of carbonyl (C=O) groups excluding carboxylic acids is 1. The maximum absolute atomic E-state index is 14.1. The molecule has 0 bridgehead atoms. The molecule has 0 unspecified atom stereocenters. The van der Waals surface area contributed by atoms with Crippen molar-refractivity contribution in [3.8, 4) is 0 Å². The van der Waals surface area contributed by atoms with Crippen molar-refractivity contribution in [2.75, 3.05) is 18.0 Å². The van der Waals surface area contributed by atoms with Gasteiger partial charge in [-0.2, -0.15) is 8.78 Å². The van der Waals surface area contributed by atoms with E-state index in [9.17, 15) is 18.7 Å². The van der Waals surface area contributed by atoms with E-state index in [1.807, 2.05) is 30.3 Å². The van der Waals surface area contributed by atoms with Crippen LogP contribution in [-0.4, -0.2) is 41.7 Å². The number of para-hydroxylation sites is 1. The maximum Gasteiger partial charge on any atom is 0.352 e.